The van der Waals surface area contributed by atoms with E-state index in [0.717, 1.165) is 23.5 Å². The maximum absolute atomic E-state index is 15.6. The molecule has 0 bridgehead atoms. The van der Waals surface area contributed by atoms with Gasteiger partial charge in [0, 0.05) is 17.0 Å². The zero-order valence-corrected chi connectivity index (χ0v) is 34.8. The largest absolute Gasteiger partial charge is 0.497 e. The van der Waals surface area contributed by atoms with Crippen LogP contribution in [0.4, 0.5) is 30.7 Å². The molecular formula is C41H44ClF7N4O9. The SMILES string of the molecule is COc1ccc([C@H](NC(=O)[C@H](Cc2ccc(OCC(=O)OC(C)(C)C)cc2)NC(=O)C(F)(F)c2cccc(Cl)c2)C(=O)N[C@H](C(=O)C(F)(F)C(=O)NCC(F)(F)F)C(C)C)cc1. The lowest BCUT2D eigenvalue weighted by atomic mass is 9.94. The summed E-state index contributed by atoms with van der Waals surface area (Å²) >= 11 is 5.88. The number of benzene rings is 3. The van der Waals surface area contributed by atoms with E-state index in [-0.39, 0.29) is 27.6 Å². The van der Waals surface area contributed by atoms with E-state index in [1.807, 2.05) is 10.6 Å². The van der Waals surface area contributed by atoms with E-state index < -0.39 is 108 Å². The fourth-order valence-corrected chi connectivity index (χ4v) is 5.64. The molecule has 13 nitrogen and oxygen atoms in total. The Morgan fingerprint density at radius 1 is 0.742 bits per heavy atom. The third-order valence-corrected chi connectivity index (χ3v) is 8.76. The van der Waals surface area contributed by atoms with Gasteiger partial charge in [-0.05, 0) is 74.2 Å². The summed E-state index contributed by atoms with van der Waals surface area (Å²) in [7, 11) is 1.30. The predicted octanol–water partition coefficient (Wildman–Crippen LogP) is 5.77. The average Bonchev–Trinajstić information content (AvgIpc) is 3.18. The van der Waals surface area contributed by atoms with Gasteiger partial charge in [0.2, 0.25) is 17.6 Å². The minimum Gasteiger partial charge on any atom is -0.497 e. The van der Waals surface area contributed by atoms with Crippen LogP contribution < -0.4 is 30.7 Å². The van der Waals surface area contributed by atoms with Crippen LogP contribution in [0.5, 0.6) is 11.5 Å². The highest BCUT2D eigenvalue weighted by Gasteiger charge is 2.52. The Bertz CT molecular complexity index is 2080. The number of amides is 4. The summed E-state index contributed by atoms with van der Waals surface area (Å²) in [6.45, 7) is 4.65. The number of rotatable bonds is 19. The molecule has 21 heteroatoms. The molecule has 0 aliphatic heterocycles. The maximum Gasteiger partial charge on any atom is 0.405 e. The quantitative estimate of drug-likeness (QED) is 0.0661. The molecule has 0 saturated heterocycles. The van der Waals surface area contributed by atoms with Crippen molar-refractivity contribution in [2.24, 2.45) is 5.92 Å². The van der Waals surface area contributed by atoms with Crippen LogP contribution in [0.2, 0.25) is 5.02 Å². The second-order valence-electron chi connectivity index (χ2n) is 15.0. The highest BCUT2D eigenvalue weighted by atomic mass is 35.5. The van der Waals surface area contributed by atoms with E-state index in [1.165, 1.54) is 75.6 Å². The number of hydrogen-bond acceptors (Lipinski definition) is 9. The van der Waals surface area contributed by atoms with Gasteiger partial charge in [0.25, 0.3) is 11.8 Å². The lowest BCUT2D eigenvalue weighted by Gasteiger charge is -2.29. The first-order valence-corrected chi connectivity index (χ1v) is 18.9. The van der Waals surface area contributed by atoms with Crippen molar-refractivity contribution in [3.05, 3.63) is 94.5 Å². The molecule has 0 aliphatic rings. The molecule has 0 radical (unpaired) electrons. The fraction of sp³-hybridized carbons (Fsp3) is 0.415. The maximum atomic E-state index is 15.6. The van der Waals surface area contributed by atoms with Crippen molar-refractivity contribution in [3.8, 4) is 11.5 Å². The van der Waals surface area contributed by atoms with Crippen LogP contribution in [0, 0.1) is 5.92 Å². The summed E-state index contributed by atoms with van der Waals surface area (Å²) in [5.74, 6) is -20.4. The summed E-state index contributed by atoms with van der Waals surface area (Å²) in [5.41, 5.74) is -1.49. The normalized spacial score (nSPS) is 13.5. The Balaban J connectivity index is 2.00. The number of halogens is 8. The third kappa shape index (κ3) is 14.6. The summed E-state index contributed by atoms with van der Waals surface area (Å²) in [6, 6.07) is 8.70. The van der Waals surface area contributed by atoms with Gasteiger partial charge >= 0.3 is 24.0 Å². The molecule has 0 fully saturated rings. The van der Waals surface area contributed by atoms with Gasteiger partial charge in [-0.2, -0.15) is 30.7 Å². The van der Waals surface area contributed by atoms with Gasteiger partial charge in [-0.1, -0.05) is 61.8 Å². The standard InChI is InChI=1S/C41H44ClF7N4O9/c1-22(2)31(33(55)41(48,49)36(58)50-21-39(43,44)45)52-35(57)32(24-12-16-27(60-6)17-13-24)53-34(56)29(51-37(59)40(46,47)25-8-7-9-26(42)19-25)18-23-10-14-28(15-11-23)61-20-30(54)62-38(3,4)5/h7-17,19,22,29,31-32H,18,20-21H2,1-6H3,(H,50,58)(H,51,59)(H,52,57)(H,53,56)/t29-,31-,32-/m0/s1. The van der Waals surface area contributed by atoms with Crippen LogP contribution in [-0.2, 0) is 45.8 Å². The molecular weight excluding hydrogens is 861 g/mol. The molecule has 4 N–H and O–H groups in total. The lowest BCUT2D eigenvalue weighted by molar-refractivity contribution is -0.165. The zero-order valence-electron chi connectivity index (χ0n) is 34.1. The number of carbonyl (C=O) groups is 6. The molecule has 0 unspecified atom stereocenters. The van der Waals surface area contributed by atoms with Crippen molar-refractivity contribution in [2.75, 3.05) is 20.3 Å². The summed E-state index contributed by atoms with van der Waals surface area (Å²) in [5, 5.41) is 7.08. The number of hydrogen-bond donors (Lipinski definition) is 4. The monoisotopic (exact) mass is 904 g/mol. The number of ketones is 1. The van der Waals surface area contributed by atoms with Gasteiger partial charge in [0.1, 0.15) is 35.7 Å². The van der Waals surface area contributed by atoms with E-state index in [1.54, 1.807) is 20.8 Å². The topological polar surface area (TPSA) is 178 Å². The Hall–Kier alpha value is -5.92. The molecule has 0 aromatic heterocycles. The second-order valence-corrected chi connectivity index (χ2v) is 15.5. The van der Waals surface area contributed by atoms with Crippen LogP contribution >= 0.6 is 11.6 Å². The highest BCUT2D eigenvalue weighted by molar-refractivity contribution is 6.30. The summed E-state index contributed by atoms with van der Waals surface area (Å²) in [4.78, 5) is 78.5. The van der Waals surface area contributed by atoms with Gasteiger partial charge in [-0.15, -0.1) is 0 Å². The third-order valence-electron chi connectivity index (χ3n) is 8.52. The first-order chi connectivity index (χ1) is 28.6. The minimum absolute atomic E-state index is 0.0953. The second kappa shape index (κ2) is 20.8. The number of ether oxygens (including phenoxy) is 3. The Labute approximate surface area is 356 Å². The lowest BCUT2D eigenvalue weighted by Crippen LogP contribution is -2.59. The zero-order chi connectivity index (χ0) is 46.8. The molecule has 0 saturated carbocycles. The molecule has 3 aromatic carbocycles. The molecule has 3 atom stereocenters. The molecule has 3 aromatic rings. The Morgan fingerprint density at radius 2 is 1.34 bits per heavy atom. The van der Waals surface area contributed by atoms with E-state index in [2.05, 4.69) is 5.32 Å². The van der Waals surface area contributed by atoms with Crippen LogP contribution in [0.3, 0.4) is 0 Å². The number of alkyl halides is 7. The highest BCUT2D eigenvalue weighted by Crippen LogP contribution is 2.31. The van der Waals surface area contributed by atoms with Gasteiger partial charge in [-0.25, -0.2) is 4.79 Å². The van der Waals surface area contributed by atoms with Crippen molar-refractivity contribution >= 4 is 47.0 Å². The van der Waals surface area contributed by atoms with E-state index >= 15 is 17.6 Å². The van der Waals surface area contributed by atoms with E-state index in [4.69, 9.17) is 25.8 Å². The van der Waals surface area contributed by atoms with Crippen molar-refractivity contribution in [2.45, 2.75) is 82.8 Å². The van der Waals surface area contributed by atoms with Gasteiger partial charge in [-0.3, -0.25) is 24.0 Å². The summed E-state index contributed by atoms with van der Waals surface area (Å²) < 4.78 is 115. The van der Waals surface area contributed by atoms with Crippen LogP contribution in [0.1, 0.15) is 57.4 Å². The van der Waals surface area contributed by atoms with Crippen LogP contribution in [0.25, 0.3) is 0 Å². The average molecular weight is 905 g/mol. The molecule has 338 valence electrons. The first-order valence-electron chi connectivity index (χ1n) is 18.5. The van der Waals surface area contributed by atoms with Crippen molar-refractivity contribution in [1.29, 1.82) is 0 Å². The number of esters is 1. The Morgan fingerprint density at radius 3 is 1.87 bits per heavy atom. The van der Waals surface area contributed by atoms with Gasteiger partial charge in [0.15, 0.2) is 6.61 Å². The number of nitrogens with one attached hydrogen (secondary N) is 4. The van der Waals surface area contributed by atoms with E-state index in [9.17, 15) is 41.9 Å². The number of methoxy groups -OCH3 is 1. The van der Waals surface area contributed by atoms with Gasteiger partial charge < -0.3 is 35.5 Å². The molecule has 4 amide bonds. The Kier molecular flexibility index (Phi) is 16.9. The summed E-state index contributed by atoms with van der Waals surface area (Å²) in [6.07, 6.45) is -5.63. The van der Waals surface area contributed by atoms with Crippen molar-refractivity contribution in [3.63, 3.8) is 0 Å². The molecule has 0 spiro atoms. The predicted molar refractivity (Wildman–Crippen MR) is 208 cm³/mol. The molecule has 0 aliphatic carbocycles. The van der Waals surface area contributed by atoms with E-state index in [0.29, 0.717) is 0 Å². The molecule has 62 heavy (non-hydrogen) atoms. The number of carbonyl (C=O) groups excluding carboxylic acids is 6. The molecule has 0 heterocycles. The van der Waals surface area contributed by atoms with Crippen LogP contribution in [0.15, 0.2) is 72.8 Å². The smallest absolute Gasteiger partial charge is 0.405 e. The van der Waals surface area contributed by atoms with Crippen LogP contribution in [-0.4, -0.2) is 85.4 Å². The first kappa shape index (κ1) is 50.4. The molecule has 3 rings (SSSR count). The van der Waals surface area contributed by atoms with Gasteiger partial charge in [0.05, 0.1) is 13.2 Å². The number of Topliss-reactive ketones (excluding diaryl/α,β-unsaturated/α-hetero) is 1. The van der Waals surface area contributed by atoms with Crippen molar-refractivity contribution < 1.29 is 73.7 Å². The fourth-order valence-electron chi connectivity index (χ4n) is 5.45. The van der Waals surface area contributed by atoms with Crippen molar-refractivity contribution in [1.82, 2.24) is 21.3 Å². The minimum atomic E-state index is -5.10.